The second-order valence-corrected chi connectivity index (χ2v) is 5.52. The summed E-state index contributed by atoms with van der Waals surface area (Å²) in [6.07, 6.45) is 1.35. The van der Waals surface area contributed by atoms with Gasteiger partial charge in [0.15, 0.2) is 0 Å². The third-order valence-electron chi connectivity index (χ3n) is 3.87. The monoisotopic (exact) mass is 352 g/mol. The molecule has 0 aliphatic heterocycles. The Morgan fingerprint density at radius 3 is 2.35 bits per heavy atom. The highest BCUT2D eigenvalue weighted by Crippen LogP contribution is 2.32. The summed E-state index contributed by atoms with van der Waals surface area (Å²) in [5.74, 6) is -0.973. The van der Waals surface area contributed by atoms with Crippen molar-refractivity contribution in [2.75, 3.05) is 5.73 Å². The van der Waals surface area contributed by atoms with Crippen molar-refractivity contribution < 1.29 is 14.1 Å². The summed E-state index contributed by atoms with van der Waals surface area (Å²) >= 11 is 0. The van der Waals surface area contributed by atoms with Crippen molar-refractivity contribution >= 4 is 17.4 Å². The van der Waals surface area contributed by atoms with Gasteiger partial charge in [-0.2, -0.15) is 0 Å². The molecule has 26 heavy (non-hydrogen) atoms. The molecule has 0 radical (unpaired) electrons. The minimum atomic E-state index is -0.614. The number of anilines is 1. The number of carbonyl (C=O) groups is 1. The van der Waals surface area contributed by atoms with Crippen LogP contribution in [0.4, 0.5) is 15.9 Å². The molecule has 0 atom stereocenters. The maximum Gasteiger partial charge on any atom is 0.270 e. The van der Waals surface area contributed by atoms with E-state index in [9.17, 15) is 19.3 Å². The standard InChI is InChI=1S/C18H13FN4O3/c19-16-6-5-13(23(25)26)8-14(16)12-7-15(17(20)22-9-12)10-1-3-11(4-2-10)18(21)24/h1-9H,(H2,20,22)(H2,21,24). The molecule has 1 aromatic heterocycles. The summed E-state index contributed by atoms with van der Waals surface area (Å²) in [6.45, 7) is 0. The zero-order valence-corrected chi connectivity index (χ0v) is 13.3. The number of nitro benzene ring substituents is 1. The van der Waals surface area contributed by atoms with Crippen LogP contribution in [-0.2, 0) is 0 Å². The van der Waals surface area contributed by atoms with Crippen molar-refractivity contribution in [3.8, 4) is 22.3 Å². The molecule has 0 saturated heterocycles. The van der Waals surface area contributed by atoms with E-state index in [4.69, 9.17) is 11.5 Å². The van der Waals surface area contributed by atoms with Crippen LogP contribution in [0.1, 0.15) is 10.4 Å². The van der Waals surface area contributed by atoms with Crippen molar-refractivity contribution in [1.82, 2.24) is 4.98 Å². The van der Waals surface area contributed by atoms with Gasteiger partial charge in [0.2, 0.25) is 5.91 Å². The summed E-state index contributed by atoms with van der Waals surface area (Å²) in [4.78, 5) is 25.6. The van der Waals surface area contributed by atoms with Crippen LogP contribution in [0, 0.1) is 15.9 Å². The van der Waals surface area contributed by atoms with Gasteiger partial charge in [-0.25, -0.2) is 9.37 Å². The minimum absolute atomic E-state index is 0.0432. The molecule has 0 saturated carbocycles. The SMILES string of the molecule is NC(=O)c1ccc(-c2cc(-c3cc([N+](=O)[O-])ccc3F)cnc2N)cc1. The Balaban J connectivity index is 2.10. The third-order valence-corrected chi connectivity index (χ3v) is 3.87. The zero-order chi connectivity index (χ0) is 18.8. The van der Waals surface area contributed by atoms with Gasteiger partial charge in [-0.05, 0) is 29.8 Å². The van der Waals surface area contributed by atoms with E-state index in [2.05, 4.69) is 4.98 Å². The van der Waals surface area contributed by atoms with E-state index >= 15 is 0 Å². The number of nitrogens with zero attached hydrogens (tertiary/aromatic N) is 2. The first-order valence-corrected chi connectivity index (χ1v) is 7.47. The summed E-state index contributed by atoms with van der Waals surface area (Å²) < 4.78 is 14.2. The van der Waals surface area contributed by atoms with Crippen LogP contribution >= 0.6 is 0 Å². The molecule has 8 heteroatoms. The number of benzene rings is 2. The van der Waals surface area contributed by atoms with Crippen molar-refractivity contribution in [1.29, 1.82) is 0 Å². The number of halogens is 1. The summed E-state index contributed by atoms with van der Waals surface area (Å²) in [7, 11) is 0. The van der Waals surface area contributed by atoms with Crippen LogP contribution in [0.2, 0.25) is 0 Å². The number of primary amides is 1. The highest BCUT2D eigenvalue weighted by atomic mass is 19.1. The van der Waals surface area contributed by atoms with Gasteiger partial charge < -0.3 is 11.5 Å². The molecule has 0 aliphatic rings. The molecule has 2 aromatic carbocycles. The molecule has 4 N–H and O–H groups in total. The minimum Gasteiger partial charge on any atom is -0.383 e. The average molecular weight is 352 g/mol. The van der Waals surface area contributed by atoms with Crippen molar-refractivity contribution in [3.63, 3.8) is 0 Å². The fraction of sp³-hybridized carbons (Fsp3) is 0. The number of rotatable bonds is 4. The van der Waals surface area contributed by atoms with Gasteiger partial charge in [0.1, 0.15) is 11.6 Å². The predicted molar refractivity (Wildman–Crippen MR) is 94.7 cm³/mol. The predicted octanol–water partition coefficient (Wildman–Crippen LogP) is 3.14. The highest BCUT2D eigenvalue weighted by Gasteiger charge is 2.15. The second-order valence-electron chi connectivity index (χ2n) is 5.52. The van der Waals surface area contributed by atoms with Crippen LogP contribution < -0.4 is 11.5 Å². The van der Waals surface area contributed by atoms with Crippen molar-refractivity contribution in [3.05, 3.63) is 76.2 Å². The highest BCUT2D eigenvalue weighted by molar-refractivity contribution is 5.93. The summed E-state index contributed by atoms with van der Waals surface area (Å²) in [5.41, 5.74) is 12.8. The lowest BCUT2D eigenvalue weighted by atomic mass is 9.99. The number of aromatic nitrogens is 1. The number of carbonyl (C=O) groups excluding carboxylic acids is 1. The number of hydrogen-bond acceptors (Lipinski definition) is 5. The van der Waals surface area contributed by atoms with Gasteiger partial charge in [0.25, 0.3) is 5.69 Å². The number of nitrogens with two attached hydrogens (primary N) is 2. The smallest absolute Gasteiger partial charge is 0.270 e. The quantitative estimate of drug-likeness (QED) is 0.551. The van der Waals surface area contributed by atoms with E-state index < -0.39 is 16.6 Å². The molecule has 0 aliphatic carbocycles. The van der Waals surface area contributed by atoms with Crippen molar-refractivity contribution in [2.45, 2.75) is 0 Å². The number of nitrogen functional groups attached to an aromatic ring is 1. The molecule has 130 valence electrons. The van der Waals surface area contributed by atoms with Gasteiger partial charge in [0.05, 0.1) is 4.92 Å². The first kappa shape index (κ1) is 17.0. The van der Waals surface area contributed by atoms with E-state index in [1.807, 2.05) is 0 Å². The largest absolute Gasteiger partial charge is 0.383 e. The van der Waals surface area contributed by atoms with Crippen LogP contribution in [-0.4, -0.2) is 15.8 Å². The van der Waals surface area contributed by atoms with E-state index in [0.717, 1.165) is 18.2 Å². The molecule has 7 nitrogen and oxygen atoms in total. The van der Waals surface area contributed by atoms with E-state index in [1.54, 1.807) is 18.2 Å². The summed E-state index contributed by atoms with van der Waals surface area (Å²) in [5, 5.41) is 10.9. The number of amides is 1. The zero-order valence-electron chi connectivity index (χ0n) is 13.3. The molecule has 3 rings (SSSR count). The Kier molecular flexibility index (Phi) is 4.32. The van der Waals surface area contributed by atoms with Crippen LogP contribution in [0.15, 0.2) is 54.7 Å². The number of non-ortho nitro benzene ring substituents is 1. The second kappa shape index (κ2) is 6.60. The molecule has 0 unspecified atom stereocenters. The lowest BCUT2D eigenvalue weighted by Crippen LogP contribution is -2.10. The molecule has 1 heterocycles. The van der Waals surface area contributed by atoms with Crippen LogP contribution in [0.25, 0.3) is 22.3 Å². The van der Waals surface area contributed by atoms with Gasteiger partial charge in [-0.3, -0.25) is 14.9 Å². The van der Waals surface area contributed by atoms with E-state index in [-0.39, 0.29) is 17.1 Å². The van der Waals surface area contributed by atoms with E-state index in [1.165, 1.54) is 18.3 Å². The van der Waals surface area contributed by atoms with Gasteiger partial charge in [0, 0.05) is 40.6 Å². The first-order chi connectivity index (χ1) is 12.4. The Labute approximate surface area is 147 Å². The molecule has 0 bridgehead atoms. The molecular formula is C18H13FN4O3. The number of pyridine rings is 1. The van der Waals surface area contributed by atoms with Gasteiger partial charge >= 0.3 is 0 Å². The number of hydrogen-bond donors (Lipinski definition) is 2. The first-order valence-electron chi connectivity index (χ1n) is 7.47. The fourth-order valence-electron chi connectivity index (χ4n) is 2.52. The van der Waals surface area contributed by atoms with E-state index in [0.29, 0.717) is 22.3 Å². The van der Waals surface area contributed by atoms with Gasteiger partial charge in [-0.15, -0.1) is 0 Å². The lowest BCUT2D eigenvalue weighted by molar-refractivity contribution is -0.384. The maximum atomic E-state index is 14.2. The van der Waals surface area contributed by atoms with Crippen LogP contribution in [0.3, 0.4) is 0 Å². The van der Waals surface area contributed by atoms with Crippen molar-refractivity contribution in [2.24, 2.45) is 5.73 Å². The Hall–Kier alpha value is -3.81. The summed E-state index contributed by atoms with van der Waals surface area (Å²) in [6, 6.07) is 11.2. The topological polar surface area (TPSA) is 125 Å². The molecule has 0 spiro atoms. The number of nitro groups is 1. The normalized spacial score (nSPS) is 10.5. The van der Waals surface area contributed by atoms with Gasteiger partial charge in [-0.1, -0.05) is 12.1 Å². The molecule has 3 aromatic rings. The molecular weight excluding hydrogens is 339 g/mol. The van der Waals surface area contributed by atoms with Crippen LogP contribution in [0.5, 0.6) is 0 Å². The Bertz CT molecular complexity index is 1020. The third kappa shape index (κ3) is 3.20. The molecule has 1 amide bonds. The maximum absolute atomic E-state index is 14.2. The lowest BCUT2D eigenvalue weighted by Gasteiger charge is -2.09. The Morgan fingerprint density at radius 1 is 1.04 bits per heavy atom. The molecule has 0 fully saturated rings. The fourth-order valence-corrected chi connectivity index (χ4v) is 2.52. The average Bonchev–Trinajstić information content (AvgIpc) is 2.62. The Morgan fingerprint density at radius 2 is 1.73 bits per heavy atom.